The molecule has 1 aliphatic heterocycles. The maximum Gasteiger partial charge on any atom is 0.251 e. The van der Waals surface area contributed by atoms with Gasteiger partial charge in [-0.1, -0.05) is 0 Å². The number of ether oxygens (including phenoxy) is 1. The van der Waals surface area contributed by atoms with Gasteiger partial charge >= 0.3 is 0 Å². The molecule has 0 radical (unpaired) electrons. The van der Waals surface area contributed by atoms with Crippen LogP contribution in [0.4, 0.5) is 0 Å². The van der Waals surface area contributed by atoms with Gasteiger partial charge in [-0.3, -0.25) is 9.59 Å². The van der Waals surface area contributed by atoms with E-state index >= 15 is 0 Å². The second-order valence-corrected chi connectivity index (χ2v) is 5.80. The van der Waals surface area contributed by atoms with Crippen LogP contribution in [0.2, 0.25) is 0 Å². The molecule has 1 aromatic rings. The molecule has 1 amide bonds. The van der Waals surface area contributed by atoms with Gasteiger partial charge in [-0.25, -0.2) is 0 Å². The van der Waals surface area contributed by atoms with Crippen LogP contribution in [0.5, 0.6) is 5.75 Å². The van der Waals surface area contributed by atoms with E-state index in [0.29, 0.717) is 23.3 Å². The first-order valence-corrected chi connectivity index (χ1v) is 6.46. The van der Waals surface area contributed by atoms with Crippen LogP contribution in [0.3, 0.4) is 0 Å². The monoisotopic (exact) mass is 261 g/mol. The molecule has 0 aliphatic carbocycles. The fraction of sp³-hybridized carbons (Fsp3) is 0.467. The lowest BCUT2D eigenvalue weighted by Crippen LogP contribution is -2.36. The first-order chi connectivity index (χ1) is 8.78. The van der Waals surface area contributed by atoms with Gasteiger partial charge in [-0.05, 0) is 45.9 Å². The molecule has 4 heteroatoms. The van der Waals surface area contributed by atoms with Crippen molar-refractivity contribution in [3.63, 3.8) is 0 Å². The normalized spacial score (nSPS) is 16.8. The highest BCUT2D eigenvalue weighted by molar-refractivity contribution is 6.03. The van der Waals surface area contributed by atoms with Crippen LogP contribution in [0.15, 0.2) is 18.2 Å². The third kappa shape index (κ3) is 2.95. The van der Waals surface area contributed by atoms with Crippen molar-refractivity contribution >= 4 is 11.7 Å². The molecule has 0 aromatic heterocycles. The van der Waals surface area contributed by atoms with E-state index in [4.69, 9.17) is 4.74 Å². The van der Waals surface area contributed by atoms with Crippen molar-refractivity contribution in [2.24, 2.45) is 0 Å². The Kier molecular flexibility index (Phi) is 3.35. The average molecular weight is 261 g/mol. The van der Waals surface area contributed by atoms with E-state index < -0.39 is 5.60 Å². The van der Waals surface area contributed by atoms with E-state index in [1.54, 1.807) is 18.2 Å². The second-order valence-electron chi connectivity index (χ2n) is 5.80. The van der Waals surface area contributed by atoms with Crippen molar-refractivity contribution in [2.75, 3.05) is 0 Å². The number of fused-ring (bicyclic) bond motifs is 1. The molecule has 1 aromatic carbocycles. The molecule has 1 aliphatic rings. The Balaban J connectivity index is 2.32. The molecule has 0 fully saturated rings. The maximum atomic E-state index is 12.1. The van der Waals surface area contributed by atoms with E-state index in [-0.39, 0.29) is 17.7 Å². The zero-order valence-electron chi connectivity index (χ0n) is 11.7. The van der Waals surface area contributed by atoms with Crippen LogP contribution >= 0.6 is 0 Å². The molecule has 0 unspecified atom stereocenters. The Hall–Kier alpha value is -1.84. The van der Waals surface area contributed by atoms with Gasteiger partial charge in [0.1, 0.15) is 11.4 Å². The Morgan fingerprint density at radius 3 is 2.68 bits per heavy atom. The summed E-state index contributed by atoms with van der Waals surface area (Å²) in [5.41, 5.74) is 0.506. The van der Waals surface area contributed by atoms with Gasteiger partial charge in [0.15, 0.2) is 5.78 Å². The van der Waals surface area contributed by atoms with Crippen molar-refractivity contribution < 1.29 is 14.3 Å². The first kappa shape index (κ1) is 13.6. The maximum absolute atomic E-state index is 12.1. The van der Waals surface area contributed by atoms with Gasteiger partial charge in [0.25, 0.3) is 5.91 Å². The zero-order chi connectivity index (χ0) is 14.2. The Labute approximate surface area is 113 Å². The lowest BCUT2D eigenvalue weighted by molar-refractivity contribution is 0.0620. The highest BCUT2D eigenvalue weighted by Gasteiger charge is 2.32. The number of benzene rings is 1. The molecule has 1 N–H and O–H groups in total. The minimum Gasteiger partial charge on any atom is -0.487 e. The second kappa shape index (κ2) is 4.68. The molecule has 0 bridgehead atoms. The number of carbonyl (C=O) groups is 2. The summed E-state index contributed by atoms with van der Waals surface area (Å²) in [6.45, 7) is 7.56. The molecule has 1 heterocycles. The van der Waals surface area contributed by atoms with Gasteiger partial charge in [0.05, 0.1) is 12.0 Å². The van der Waals surface area contributed by atoms with E-state index in [1.807, 2.05) is 27.7 Å². The van der Waals surface area contributed by atoms with Crippen LogP contribution < -0.4 is 10.1 Å². The molecule has 4 nitrogen and oxygen atoms in total. The summed E-state index contributed by atoms with van der Waals surface area (Å²) in [4.78, 5) is 24.0. The molecule has 0 saturated heterocycles. The summed E-state index contributed by atoms with van der Waals surface area (Å²) < 4.78 is 5.75. The zero-order valence-corrected chi connectivity index (χ0v) is 11.7. The van der Waals surface area contributed by atoms with Crippen LogP contribution in [-0.4, -0.2) is 23.3 Å². The number of nitrogens with one attached hydrogen (secondary N) is 1. The number of hydrogen-bond acceptors (Lipinski definition) is 3. The van der Waals surface area contributed by atoms with Gasteiger partial charge in [0, 0.05) is 11.6 Å². The van der Waals surface area contributed by atoms with Crippen molar-refractivity contribution in [2.45, 2.75) is 45.8 Å². The van der Waals surface area contributed by atoms with Gasteiger partial charge in [0.2, 0.25) is 0 Å². The lowest BCUT2D eigenvalue weighted by Gasteiger charge is -2.31. The number of rotatable bonds is 2. The van der Waals surface area contributed by atoms with Crippen molar-refractivity contribution in [3.8, 4) is 5.75 Å². The van der Waals surface area contributed by atoms with E-state index in [2.05, 4.69) is 5.32 Å². The standard InChI is InChI=1S/C15H19NO3/c1-9(2)16-14(18)10-5-6-13-11(7-10)12(17)8-15(3,4)19-13/h5-7,9H,8H2,1-4H3,(H,16,18). The van der Waals surface area contributed by atoms with Crippen molar-refractivity contribution in [3.05, 3.63) is 29.3 Å². The van der Waals surface area contributed by atoms with Gasteiger partial charge in [-0.2, -0.15) is 0 Å². The highest BCUT2D eigenvalue weighted by atomic mass is 16.5. The van der Waals surface area contributed by atoms with E-state index in [1.165, 1.54) is 0 Å². The average Bonchev–Trinajstić information content (AvgIpc) is 2.26. The van der Waals surface area contributed by atoms with Crippen LogP contribution in [-0.2, 0) is 0 Å². The van der Waals surface area contributed by atoms with Gasteiger partial charge in [-0.15, -0.1) is 0 Å². The predicted molar refractivity (Wildman–Crippen MR) is 72.7 cm³/mol. The number of hydrogen-bond donors (Lipinski definition) is 1. The minimum absolute atomic E-state index is 0.0189. The van der Waals surface area contributed by atoms with Crippen molar-refractivity contribution in [1.29, 1.82) is 0 Å². The molecule has 0 atom stereocenters. The fourth-order valence-electron chi connectivity index (χ4n) is 2.14. The third-order valence-corrected chi connectivity index (χ3v) is 2.93. The number of carbonyl (C=O) groups excluding carboxylic acids is 2. The lowest BCUT2D eigenvalue weighted by atomic mass is 9.92. The largest absolute Gasteiger partial charge is 0.487 e. The Bertz CT molecular complexity index is 532. The molecule has 0 saturated carbocycles. The quantitative estimate of drug-likeness (QED) is 0.890. The van der Waals surface area contributed by atoms with Crippen LogP contribution in [0.1, 0.15) is 54.8 Å². The predicted octanol–water partition coefficient (Wildman–Crippen LogP) is 2.57. The molecular formula is C15H19NO3. The van der Waals surface area contributed by atoms with E-state index in [9.17, 15) is 9.59 Å². The Morgan fingerprint density at radius 1 is 1.37 bits per heavy atom. The summed E-state index contributed by atoms with van der Waals surface area (Å²) in [6, 6.07) is 5.06. The summed E-state index contributed by atoms with van der Waals surface area (Å²) in [5, 5.41) is 2.81. The number of amides is 1. The molecular weight excluding hydrogens is 242 g/mol. The molecule has 2 rings (SSSR count). The summed E-state index contributed by atoms with van der Waals surface area (Å²) in [6.07, 6.45) is 0.329. The van der Waals surface area contributed by atoms with Crippen molar-refractivity contribution in [1.82, 2.24) is 5.32 Å². The topological polar surface area (TPSA) is 55.4 Å². The molecule has 0 spiro atoms. The van der Waals surface area contributed by atoms with E-state index in [0.717, 1.165) is 0 Å². The SMILES string of the molecule is CC(C)NC(=O)c1ccc2c(c1)C(=O)CC(C)(C)O2. The summed E-state index contributed by atoms with van der Waals surface area (Å²) in [7, 11) is 0. The first-order valence-electron chi connectivity index (χ1n) is 6.46. The summed E-state index contributed by atoms with van der Waals surface area (Å²) >= 11 is 0. The molecule has 19 heavy (non-hydrogen) atoms. The van der Waals surface area contributed by atoms with Crippen LogP contribution in [0.25, 0.3) is 0 Å². The smallest absolute Gasteiger partial charge is 0.251 e. The van der Waals surface area contributed by atoms with Gasteiger partial charge < -0.3 is 10.1 Å². The minimum atomic E-state index is -0.480. The third-order valence-electron chi connectivity index (χ3n) is 2.93. The van der Waals surface area contributed by atoms with Crippen LogP contribution in [0, 0.1) is 0 Å². The fourth-order valence-corrected chi connectivity index (χ4v) is 2.14. The molecule has 102 valence electrons. The number of Topliss-reactive ketones (excluding diaryl/α,β-unsaturated/α-hetero) is 1. The number of ketones is 1. The Morgan fingerprint density at radius 2 is 2.05 bits per heavy atom. The highest BCUT2D eigenvalue weighted by Crippen LogP contribution is 2.33. The summed E-state index contributed by atoms with van der Waals surface area (Å²) in [5.74, 6) is 0.406.